The summed E-state index contributed by atoms with van der Waals surface area (Å²) in [5.74, 6) is 3.28. The number of hydrogen-bond acceptors (Lipinski definition) is 3. The van der Waals surface area contributed by atoms with Gasteiger partial charge >= 0.3 is 0 Å². The van der Waals surface area contributed by atoms with Gasteiger partial charge in [-0.1, -0.05) is 31.5 Å². The number of nitrogens with one attached hydrogen (secondary N) is 2. The van der Waals surface area contributed by atoms with Crippen molar-refractivity contribution in [2.45, 2.75) is 70.2 Å². The van der Waals surface area contributed by atoms with E-state index in [0.717, 1.165) is 67.8 Å². The van der Waals surface area contributed by atoms with Gasteiger partial charge in [-0.3, -0.25) is 4.21 Å². The lowest BCUT2D eigenvalue weighted by molar-refractivity contribution is 0.297. The first-order valence-corrected chi connectivity index (χ1v) is 12.2. The van der Waals surface area contributed by atoms with E-state index in [1.54, 1.807) is 0 Å². The van der Waals surface area contributed by atoms with E-state index in [0.29, 0.717) is 17.8 Å². The van der Waals surface area contributed by atoms with Crippen LogP contribution in [-0.2, 0) is 17.3 Å². The Bertz CT molecular complexity index is 682. The molecule has 0 aromatic heterocycles. The fourth-order valence-electron chi connectivity index (χ4n) is 3.70. The van der Waals surface area contributed by atoms with Gasteiger partial charge in [-0.25, -0.2) is 4.99 Å². The second kappa shape index (κ2) is 12.8. The smallest absolute Gasteiger partial charge is 0.191 e. The molecular weight excluding hydrogens is 497 g/mol. The fraction of sp³-hybridized carbons (Fsp3) is 0.682. The molecule has 0 radical (unpaired) electrons. The van der Waals surface area contributed by atoms with E-state index < -0.39 is 10.8 Å². The summed E-state index contributed by atoms with van der Waals surface area (Å²) in [6, 6.07) is 8.54. The normalized spacial score (nSPS) is 23.0. The molecule has 2 fully saturated rings. The second-order valence-electron chi connectivity index (χ2n) is 7.86. The monoisotopic (exact) mass is 533 g/mol. The summed E-state index contributed by atoms with van der Waals surface area (Å²) in [6.07, 6.45) is 6.87. The van der Waals surface area contributed by atoms with E-state index in [-0.39, 0.29) is 24.0 Å². The molecule has 0 heterocycles. The lowest BCUT2D eigenvalue weighted by Gasteiger charge is -2.30. The zero-order valence-corrected chi connectivity index (χ0v) is 20.8. The Balaban J connectivity index is 0.00000300. The second-order valence-corrected chi connectivity index (χ2v) is 9.86. The minimum atomic E-state index is -0.707. The molecule has 1 aromatic carbocycles. The zero-order chi connectivity index (χ0) is 19.8. The van der Waals surface area contributed by atoms with E-state index in [1.807, 2.05) is 25.1 Å². The minimum Gasteiger partial charge on any atom is -0.493 e. The summed E-state index contributed by atoms with van der Waals surface area (Å²) in [7, 11) is -0.707. The van der Waals surface area contributed by atoms with Crippen molar-refractivity contribution >= 4 is 40.7 Å². The first-order chi connectivity index (χ1) is 13.7. The summed E-state index contributed by atoms with van der Waals surface area (Å²) in [5.41, 5.74) is 1.12. The summed E-state index contributed by atoms with van der Waals surface area (Å²) < 4.78 is 18.2. The van der Waals surface area contributed by atoms with Gasteiger partial charge in [0, 0.05) is 40.0 Å². The molecule has 2 saturated carbocycles. The lowest BCUT2D eigenvalue weighted by atomic mass is 9.95. The van der Waals surface area contributed by atoms with E-state index >= 15 is 0 Å². The molecule has 0 aliphatic heterocycles. The van der Waals surface area contributed by atoms with Gasteiger partial charge in [-0.15, -0.1) is 24.0 Å². The van der Waals surface area contributed by atoms with Crippen LogP contribution in [0.1, 0.15) is 57.9 Å². The van der Waals surface area contributed by atoms with Gasteiger partial charge in [0.25, 0.3) is 0 Å². The Morgan fingerprint density at radius 2 is 2.00 bits per heavy atom. The number of aliphatic imine (C=N–C) groups is 1. The van der Waals surface area contributed by atoms with E-state index in [2.05, 4.69) is 23.6 Å². The Morgan fingerprint density at radius 3 is 2.72 bits per heavy atom. The number of para-hydroxylation sites is 1. The van der Waals surface area contributed by atoms with Crippen molar-refractivity contribution in [2.75, 3.05) is 18.9 Å². The van der Waals surface area contributed by atoms with Crippen LogP contribution in [0.5, 0.6) is 5.75 Å². The average molecular weight is 534 g/mol. The molecule has 0 spiro atoms. The van der Waals surface area contributed by atoms with Crippen molar-refractivity contribution < 1.29 is 8.95 Å². The highest BCUT2D eigenvalue weighted by molar-refractivity contribution is 14.0. The largest absolute Gasteiger partial charge is 0.493 e. The maximum atomic E-state index is 12.2. The molecule has 0 saturated heterocycles. The summed E-state index contributed by atoms with van der Waals surface area (Å²) in [5, 5.41) is 7.25. The van der Waals surface area contributed by atoms with Crippen molar-refractivity contribution in [3.63, 3.8) is 0 Å². The van der Waals surface area contributed by atoms with Gasteiger partial charge in [0.05, 0.1) is 13.2 Å². The molecular formula is C22H36IN3O2S. The molecule has 0 bridgehead atoms. The topological polar surface area (TPSA) is 62.7 Å². The van der Waals surface area contributed by atoms with Crippen LogP contribution in [0.3, 0.4) is 0 Å². The van der Waals surface area contributed by atoms with E-state index in [9.17, 15) is 4.21 Å². The molecule has 3 unspecified atom stereocenters. The fourth-order valence-corrected chi connectivity index (χ4v) is 5.04. The molecule has 2 aliphatic carbocycles. The molecule has 5 nitrogen and oxygen atoms in total. The molecule has 29 heavy (non-hydrogen) atoms. The molecule has 1 aromatic rings. The van der Waals surface area contributed by atoms with Crippen LogP contribution in [-0.4, -0.2) is 40.4 Å². The van der Waals surface area contributed by atoms with Crippen LogP contribution in [0.15, 0.2) is 29.3 Å². The summed E-state index contributed by atoms with van der Waals surface area (Å²) >= 11 is 0. The third-order valence-electron chi connectivity index (χ3n) is 5.52. The SMILES string of the molecule is CCNC(=NCc1ccccc1OCC1CC1)NC1CCCC(S(=O)CC)C1.I. The molecule has 2 aliphatic rings. The Morgan fingerprint density at radius 1 is 1.21 bits per heavy atom. The third-order valence-corrected chi connectivity index (χ3v) is 7.26. The van der Waals surface area contributed by atoms with Crippen molar-refractivity contribution in [2.24, 2.45) is 10.9 Å². The van der Waals surface area contributed by atoms with Gasteiger partial charge < -0.3 is 15.4 Å². The quantitative estimate of drug-likeness (QED) is 0.284. The first kappa shape index (κ1) is 24.4. The number of nitrogens with zero attached hydrogens (tertiary/aromatic N) is 1. The van der Waals surface area contributed by atoms with Crippen LogP contribution in [0.25, 0.3) is 0 Å². The predicted octanol–water partition coefficient (Wildman–Crippen LogP) is 4.23. The highest BCUT2D eigenvalue weighted by Gasteiger charge is 2.26. The standard InChI is InChI=1S/C22H35N3O2S.HI/c1-3-23-22(25-19-9-7-10-20(14-19)28(26)4-2)24-15-18-8-5-6-11-21(18)27-16-17-12-13-17;/h5-6,8,11,17,19-20H,3-4,7,9-10,12-16H2,1-2H3,(H2,23,24,25);1H. The number of guanidine groups is 1. The number of halogens is 1. The van der Waals surface area contributed by atoms with Crippen LogP contribution < -0.4 is 15.4 Å². The number of benzene rings is 1. The summed E-state index contributed by atoms with van der Waals surface area (Å²) in [4.78, 5) is 4.81. The molecule has 164 valence electrons. The molecule has 2 N–H and O–H groups in total. The zero-order valence-electron chi connectivity index (χ0n) is 17.7. The van der Waals surface area contributed by atoms with Crippen molar-refractivity contribution in [1.82, 2.24) is 10.6 Å². The highest BCUT2D eigenvalue weighted by Crippen LogP contribution is 2.30. The number of ether oxygens (including phenoxy) is 1. The maximum absolute atomic E-state index is 12.2. The highest BCUT2D eigenvalue weighted by atomic mass is 127. The van der Waals surface area contributed by atoms with Gasteiger partial charge in [0.15, 0.2) is 5.96 Å². The van der Waals surface area contributed by atoms with E-state index in [4.69, 9.17) is 9.73 Å². The Labute approximate surface area is 195 Å². The minimum absolute atomic E-state index is 0. The summed E-state index contributed by atoms with van der Waals surface area (Å²) in [6.45, 7) is 6.33. The Kier molecular flexibility index (Phi) is 10.8. The van der Waals surface area contributed by atoms with Crippen LogP contribution in [0.4, 0.5) is 0 Å². The van der Waals surface area contributed by atoms with Crippen molar-refractivity contribution in [3.8, 4) is 5.75 Å². The van der Waals surface area contributed by atoms with Gasteiger partial charge in [0.2, 0.25) is 0 Å². The van der Waals surface area contributed by atoms with Crippen LogP contribution in [0.2, 0.25) is 0 Å². The molecule has 3 rings (SSSR count). The third kappa shape index (κ3) is 8.07. The van der Waals surface area contributed by atoms with Gasteiger partial charge in [0.1, 0.15) is 5.75 Å². The molecule has 3 atom stereocenters. The predicted molar refractivity (Wildman–Crippen MR) is 133 cm³/mol. The molecule has 7 heteroatoms. The van der Waals surface area contributed by atoms with Crippen molar-refractivity contribution in [3.05, 3.63) is 29.8 Å². The van der Waals surface area contributed by atoms with Gasteiger partial charge in [-0.05, 0) is 51.0 Å². The van der Waals surface area contributed by atoms with Crippen LogP contribution >= 0.6 is 24.0 Å². The first-order valence-electron chi connectivity index (χ1n) is 10.8. The maximum Gasteiger partial charge on any atom is 0.191 e. The van der Waals surface area contributed by atoms with Gasteiger partial charge in [-0.2, -0.15) is 0 Å². The Hall–Kier alpha value is -0.830. The van der Waals surface area contributed by atoms with Crippen LogP contribution in [0, 0.1) is 5.92 Å². The average Bonchev–Trinajstić information content (AvgIpc) is 3.55. The number of hydrogen-bond donors (Lipinski definition) is 2. The van der Waals surface area contributed by atoms with Crippen molar-refractivity contribution in [1.29, 1.82) is 0 Å². The molecule has 0 amide bonds. The number of rotatable bonds is 9. The lowest BCUT2D eigenvalue weighted by Crippen LogP contribution is -2.46. The van der Waals surface area contributed by atoms with E-state index in [1.165, 1.54) is 12.8 Å².